The fraction of sp³-hybridized carbons (Fsp3) is 1.00. The molecule has 4 aliphatic rings. The third-order valence-electron chi connectivity index (χ3n) is 8.91. The lowest BCUT2D eigenvalue weighted by atomic mass is 9.83. The summed E-state index contributed by atoms with van der Waals surface area (Å²) in [5.74, 6) is 0. The van der Waals surface area contributed by atoms with Gasteiger partial charge in [-0.05, 0) is 19.3 Å². The molecule has 4 rings (SSSR count). The summed E-state index contributed by atoms with van der Waals surface area (Å²) in [6.07, 6.45) is 3.17. The Kier molecular flexibility index (Phi) is 9.76. The lowest BCUT2D eigenvalue weighted by Gasteiger charge is -2.44. The van der Waals surface area contributed by atoms with E-state index in [1.807, 2.05) is 0 Å². The summed E-state index contributed by atoms with van der Waals surface area (Å²) >= 11 is 0. The smallest absolute Gasteiger partial charge is 0.0637 e. The average molecular weight is 515 g/mol. The van der Waals surface area contributed by atoms with Gasteiger partial charge in [-0.1, -0.05) is 27.7 Å². The summed E-state index contributed by atoms with van der Waals surface area (Å²) in [4.78, 5) is 0. The van der Waals surface area contributed by atoms with Crippen LogP contribution < -0.4 is 0 Å². The summed E-state index contributed by atoms with van der Waals surface area (Å²) < 4.78 is 47.6. The number of ether oxygens (including phenoxy) is 8. The minimum atomic E-state index is -0.389. The SMILES string of the molecule is CCC1(COCC(COCC2(C)COC2)(COCC2(CC)COC2)COCC2(CC)COC2)COC1. The van der Waals surface area contributed by atoms with Crippen LogP contribution in [0.3, 0.4) is 0 Å². The van der Waals surface area contributed by atoms with Crippen LogP contribution in [-0.4, -0.2) is 106 Å². The largest absolute Gasteiger partial charge is 0.380 e. The molecular formula is C28H50O8. The highest BCUT2D eigenvalue weighted by Gasteiger charge is 2.43. The first-order valence-electron chi connectivity index (χ1n) is 14.0. The van der Waals surface area contributed by atoms with Gasteiger partial charge in [-0.3, -0.25) is 0 Å². The second-order valence-electron chi connectivity index (χ2n) is 12.8. The first kappa shape index (κ1) is 28.7. The van der Waals surface area contributed by atoms with Crippen LogP contribution in [0.2, 0.25) is 0 Å². The van der Waals surface area contributed by atoms with Crippen LogP contribution in [-0.2, 0) is 37.9 Å². The van der Waals surface area contributed by atoms with Crippen molar-refractivity contribution in [3.05, 3.63) is 0 Å². The van der Waals surface area contributed by atoms with Crippen LogP contribution in [0.5, 0.6) is 0 Å². The second kappa shape index (κ2) is 12.2. The number of hydrogen-bond acceptors (Lipinski definition) is 8. The molecule has 0 spiro atoms. The van der Waals surface area contributed by atoms with E-state index in [9.17, 15) is 0 Å². The molecule has 0 N–H and O–H groups in total. The summed E-state index contributed by atoms with van der Waals surface area (Å²) in [6.45, 7) is 19.9. The topological polar surface area (TPSA) is 73.8 Å². The molecule has 8 heteroatoms. The van der Waals surface area contributed by atoms with Crippen LogP contribution in [0.25, 0.3) is 0 Å². The zero-order valence-electron chi connectivity index (χ0n) is 23.2. The standard InChI is InChI=1S/C28H50O8/c1-5-25(11-31-12-25)17-34-21-28(20-30-10-24(4)8-29-9-24,22-35-18-26(6-2)13-32-14-26)23-36-19-27(7-3)15-33-16-27/h5-23H2,1-4H3. The molecule has 0 unspecified atom stereocenters. The van der Waals surface area contributed by atoms with E-state index in [1.54, 1.807) is 0 Å². The minimum Gasteiger partial charge on any atom is -0.380 e. The van der Waals surface area contributed by atoms with E-state index in [4.69, 9.17) is 37.9 Å². The van der Waals surface area contributed by atoms with Crippen molar-refractivity contribution in [2.24, 2.45) is 27.1 Å². The highest BCUT2D eigenvalue weighted by Crippen LogP contribution is 2.36. The molecular weight excluding hydrogens is 464 g/mol. The molecule has 0 aliphatic carbocycles. The van der Waals surface area contributed by atoms with Gasteiger partial charge in [0.25, 0.3) is 0 Å². The van der Waals surface area contributed by atoms with Crippen LogP contribution >= 0.6 is 0 Å². The molecule has 4 fully saturated rings. The monoisotopic (exact) mass is 514 g/mol. The first-order valence-corrected chi connectivity index (χ1v) is 14.0. The van der Waals surface area contributed by atoms with Gasteiger partial charge < -0.3 is 37.9 Å². The van der Waals surface area contributed by atoms with Gasteiger partial charge in [-0.15, -0.1) is 0 Å². The normalized spacial score (nSPS) is 25.3. The Balaban J connectivity index is 1.39. The van der Waals surface area contributed by atoms with Crippen molar-refractivity contribution in [2.75, 3.05) is 106 Å². The van der Waals surface area contributed by atoms with Crippen molar-refractivity contribution < 1.29 is 37.9 Å². The highest BCUT2D eigenvalue weighted by molar-refractivity contribution is 4.89. The predicted molar refractivity (Wildman–Crippen MR) is 135 cm³/mol. The Bertz CT molecular complexity index is 581. The lowest BCUT2D eigenvalue weighted by Crippen LogP contribution is -2.51. The molecule has 0 saturated carbocycles. The van der Waals surface area contributed by atoms with Gasteiger partial charge in [-0.2, -0.15) is 0 Å². The Labute approximate surface area is 217 Å². The predicted octanol–water partition coefficient (Wildman–Crippen LogP) is 3.36. The van der Waals surface area contributed by atoms with E-state index in [2.05, 4.69) is 27.7 Å². The third-order valence-corrected chi connectivity index (χ3v) is 8.91. The Morgan fingerprint density at radius 1 is 0.500 bits per heavy atom. The van der Waals surface area contributed by atoms with Gasteiger partial charge in [0, 0.05) is 21.7 Å². The molecule has 0 atom stereocenters. The van der Waals surface area contributed by atoms with Crippen LogP contribution in [0, 0.1) is 27.1 Å². The summed E-state index contributed by atoms with van der Waals surface area (Å²) in [7, 11) is 0. The fourth-order valence-corrected chi connectivity index (χ4v) is 5.09. The van der Waals surface area contributed by atoms with E-state index >= 15 is 0 Å². The molecule has 4 saturated heterocycles. The van der Waals surface area contributed by atoms with E-state index < -0.39 is 0 Å². The Morgan fingerprint density at radius 3 is 1.03 bits per heavy atom. The van der Waals surface area contributed by atoms with Crippen molar-refractivity contribution in [2.45, 2.75) is 47.0 Å². The fourth-order valence-electron chi connectivity index (χ4n) is 5.09. The van der Waals surface area contributed by atoms with Gasteiger partial charge in [0.05, 0.1) is 111 Å². The van der Waals surface area contributed by atoms with Crippen molar-refractivity contribution in [1.82, 2.24) is 0 Å². The summed E-state index contributed by atoms with van der Waals surface area (Å²) in [6, 6.07) is 0. The van der Waals surface area contributed by atoms with Crippen molar-refractivity contribution in [3.63, 3.8) is 0 Å². The van der Waals surface area contributed by atoms with Crippen LogP contribution in [0.1, 0.15) is 47.0 Å². The summed E-state index contributed by atoms with van der Waals surface area (Å²) in [5, 5.41) is 0. The highest BCUT2D eigenvalue weighted by atomic mass is 16.5. The maximum absolute atomic E-state index is 6.42. The Hall–Kier alpha value is -0.320. The van der Waals surface area contributed by atoms with Gasteiger partial charge in [-0.25, -0.2) is 0 Å². The van der Waals surface area contributed by atoms with Crippen LogP contribution in [0.4, 0.5) is 0 Å². The molecule has 0 amide bonds. The maximum Gasteiger partial charge on any atom is 0.0637 e. The van der Waals surface area contributed by atoms with Crippen molar-refractivity contribution >= 4 is 0 Å². The quantitative estimate of drug-likeness (QED) is 0.260. The summed E-state index contributed by atoms with van der Waals surface area (Å²) in [5.41, 5.74) is 0.108. The molecule has 0 radical (unpaired) electrons. The van der Waals surface area contributed by atoms with E-state index in [1.165, 1.54) is 0 Å². The molecule has 4 aliphatic heterocycles. The average Bonchev–Trinajstić information content (AvgIpc) is 2.78. The van der Waals surface area contributed by atoms with E-state index in [-0.39, 0.29) is 27.1 Å². The molecule has 4 heterocycles. The third kappa shape index (κ3) is 6.81. The Morgan fingerprint density at radius 2 is 0.806 bits per heavy atom. The molecule has 210 valence electrons. The maximum atomic E-state index is 6.42. The molecule has 0 aromatic rings. The van der Waals surface area contributed by atoms with Crippen molar-refractivity contribution in [3.8, 4) is 0 Å². The molecule has 36 heavy (non-hydrogen) atoms. The molecule has 8 nitrogen and oxygen atoms in total. The van der Waals surface area contributed by atoms with Gasteiger partial charge in [0.1, 0.15) is 0 Å². The van der Waals surface area contributed by atoms with E-state index in [0.29, 0.717) is 52.9 Å². The molecule has 0 aromatic carbocycles. The lowest BCUT2D eigenvalue weighted by molar-refractivity contribution is -0.201. The zero-order chi connectivity index (χ0) is 25.6. The minimum absolute atomic E-state index is 0.0922. The second-order valence-corrected chi connectivity index (χ2v) is 12.8. The van der Waals surface area contributed by atoms with Gasteiger partial charge >= 0.3 is 0 Å². The number of hydrogen-bond donors (Lipinski definition) is 0. The zero-order valence-corrected chi connectivity index (χ0v) is 23.2. The first-order chi connectivity index (χ1) is 17.3. The van der Waals surface area contributed by atoms with Crippen LogP contribution in [0.15, 0.2) is 0 Å². The molecule has 0 bridgehead atoms. The number of rotatable bonds is 19. The molecule has 0 aromatic heterocycles. The van der Waals surface area contributed by atoms with Crippen molar-refractivity contribution in [1.29, 1.82) is 0 Å². The van der Waals surface area contributed by atoms with E-state index in [0.717, 1.165) is 72.1 Å². The van der Waals surface area contributed by atoms with Gasteiger partial charge in [0.15, 0.2) is 0 Å². The van der Waals surface area contributed by atoms with Gasteiger partial charge in [0.2, 0.25) is 0 Å².